The fraction of sp³-hybridized carbons (Fsp3) is 0.125. The third-order valence-electron chi connectivity index (χ3n) is 1.27. The average molecular weight is 152 g/mol. The molecular formula is C8H9FN2. The molecule has 0 bridgehead atoms. The van der Waals surface area contributed by atoms with Crippen molar-refractivity contribution in [2.75, 3.05) is 0 Å². The van der Waals surface area contributed by atoms with Gasteiger partial charge in [-0.15, -0.1) is 0 Å². The molecule has 1 aromatic rings. The van der Waals surface area contributed by atoms with Gasteiger partial charge in [0.2, 0.25) is 5.95 Å². The molecule has 1 N–H and O–H groups in total. The molecule has 0 spiro atoms. The normalized spacial score (nSPS) is 9.18. The molecule has 0 aliphatic rings. The molecule has 0 saturated heterocycles. The lowest BCUT2D eigenvalue weighted by Gasteiger charge is -2.00. The van der Waals surface area contributed by atoms with Gasteiger partial charge in [0.05, 0.1) is 0 Å². The van der Waals surface area contributed by atoms with Crippen molar-refractivity contribution in [3.63, 3.8) is 0 Å². The topological polar surface area (TPSA) is 24.9 Å². The third kappa shape index (κ3) is 2.04. The van der Waals surface area contributed by atoms with Crippen LogP contribution in [0, 0.1) is 5.95 Å². The average Bonchev–Trinajstić information content (AvgIpc) is 2.03. The predicted molar refractivity (Wildman–Crippen MR) is 41.2 cm³/mol. The summed E-state index contributed by atoms with van der Waals surface area (Å²) < 4.78 is 12.7. The Morgan fingerprint density at radius 2 is 2.55 bits per heavy atom. The summed E-state index contributed by atoms with van der Waals surface area (Å²) >= 11 is 0. The molecule has 58 valence electrons. The summed E-state index contributed by atoms with van der Waals surface area (Å²) in [4.78, 5) is 3.49. The number of halogens is 1. The molecule has 1 heterocycles. The second-order valence-corrected chi connectivity index (χ2v) is 2.04. The van der Waals surface area contributed by atoms with E-state index in [1.54, 1.807) is 12.1 Å². The van der Waals surface area contributed by atoms with Crippen LogP contribution in [0.25, 0.3) is 0 Å². The zero-order valence-electron chi connectivity index (χ0n) is 6.05. The van der Waals surface area contributed by atoms with Crippen molar-refractivity contribution >= 4 is 0 Å². The SMILES string of the molecule is C=CNCc1cccnc1F. The van der Waals surface area contributed by atoms with Crippen LogP contribution < -0.4 is 5.32 Å². The van der Waals surface area contributed by atoms with Crippen molar-refractivity contribution in [2.24, 2.45) is 0 Å². The van der Waals surface area contributed by atoms with Crippen LogP contribution in [0.5, 0.6) is 0 Å². The number of rotatable bonds is 3. The Bertz CT molecular complexity index is 248. The van der Waals surface area contributed by atoms with Gasteiger partial charge in [-0.25, -0.2) is 4.98 Å². The first-order valence-electron chi connectivity index (χ1n) is 3.28. The van der Waals surface area contributed by atoms with E-state index in [-0.39, 0.29) is 0 Å². The molecule has 3 heteroatoms. The minimum Gasteiger partial charge on any atom is -0.387 e. The van der Waals surface area contributed by atoms with Crippen molar-refractivity contribution in [3.05, 3.63) is 42.6 Å². The maximum atomic E-state index is 12.7. The highest BCUT2D eigenvalue weighted by atomic mass is 19.1. The number of pyridine rings is 1. The molecule has 0 unspecified atom stereocenters. The molecule has 0 aliphatic carbocycles. The van der Waals surface area contributed by atoms with Crippen LogP contribution in [0.15, 0.2) is 31.1 Å². The van der Waals surface area contributed by atoms with E-state index in [2.05, 4.69) is 16.9 Å². The molecule has 0 atom stereocenters. The Labute approximate surface area is 64.8 Å². The quantitative estimate of drug-likeness (QED) is 0.663. The van der Waals surface area contributed by atoms with E-state index < -0.39 is 5.95 Å². The van der Waals surface area contributed by atoms with Crippen LogP contribution in [-0.2, 0) is 6.54 Å². The van der Waals surface area contributed by atoms with Gasteiger partial charge in [-0.3, -0.25) is 0 Å². The van der Waals surface area contributed by atoms with Crippen LogP contribution in [0.4, 0.5) is 4.39 Å². The van der Waals surface area contributed by atoms with Crippen LogP contribution in [0.3, 0.4) is 0 Å². The summed E-state index contributed by atoms with van der Waals surface area (Å²) in [5.41, 5.74) is 0.549. The summed E-state index contributed by atoms with van der Waals surface area (Å²) in [6, 6.07) is 3.38. The zero-order chi connectivity index (χ0) is 8.10. The Hall–Kier alpha value is -1.38. The molecular weight excluding hydrogens is 143 g/mol. The highest BCUT2D eigenvalue weighted by Gasteiger charge is 1.98. The van der Waals surface area contributed by atoms with Crippen LogP contribution >= 0.6 is 0 Å². The maximum absolute atomic E-state index is 12.7. The molecule has 0 fully saturated rings. The molecule has 1 rings (SSSR count). The largest absolute Gasteiger partial charge is 0.387 e. The van der Waals surface area contributed by atoms with Gasteiger partial charge in [0, 0.05) is 18.3 Å². The number of nitrogens with zero attached hydrogens (tertiary/aromatic N) is 1. The van der Waals surface area contributed by atoms with E-state index >= 15 is 0 Å². The lowest BCUT2D eigenvalue weighted by atomic mass is 10.3. The zero-order valence-corrected chi connectivity index (χ0v) is 6.05. The summed E-state index contributed by atoms with van der Waals surface area (Å²) in [6.07, 6.45) is 2.94. The highest BCUT2D eigenvalue weighted by molar-refractivity contribution is 5.10. The molecule has 0 saturated carbocycles. The first-order valence-corrected chi connectivity index (χ1v) is 3.28. The summed E-state index contributed by atoms with van der Waals surface area (Å²) in [6.45, 7) is 3.89. The lowest BCUT2D eigenvalue weighted by molar-refractivity contribution is 0.562. The summed E-state index contributed by atoms with van der Waals surface area (Å²) in [5.74, 6) is -0.429. The molecule has 1 aromatic heterocycles. The number of aromatic nitrogens is 1. The number of nitrogens with one attached hydrogen (secondary N) is 1. The summed E-state index contributed by atoms with van der Waals surface area (Å²) in [7, 11) is 0. The van der Waals surface area contributed by atoms with E-state index in [1.165, 1.54) is 12.4 Å². The van der Waals surface area contributed by atoms with Crippen LogP contribution in [0.1, 0.15) is 5.56 Å². The first kappa shape index (κ1) is 7.72. The van der Waals surface area contributed by atoms with Crippen molar-refractivity contribution in [2.45, 2.75) is 6.54 Å². The molecule has 0 radical (unpaired) electrons. The van der Waals surface area contributed by atoms with E-state index in [0.29, 0.717) is 12.1 Å². The molecule has 11 heavy (non-hydrogen) atoms. The van der Waals surface area contributed by atoms with Crippen molar-refractivity contribution in [3.8, 4) is 0 Å². The second kappa shape index (κ2) is 3.71. The molecule has 2 nitrogen and oxygen atoms in total. The van der Waals surface area contributed by atoms with E-state index in [1.807, 2.05) is 0 Å². The van der Waals surface area contributed by atoms with E-state index in [0.717, 1.165) is 0 Å². The van der Waals surface area contributed by atoms with Gasteiger partial charge in [0.15, 0.2) is 0 Å². The smallest absolute Gasteiger partial charge is 0.217 e. The molecule has 0 amide bonds. The Morgan fingerprint density at radius 1 is 1.73 bits per heavy atom. The third-order valence-corrected chi connectivity index (χ3v) is 1.27. The molecule has 0 aromatic carbocycles. The lowest BCUT2D eigenvalue weighted by Crippen LogP contribution is -2.06. The van der Waals surface area contributed by atoms with Gasteiger partial charge in [-0.2, -0.15) is 4.39 Å². The standard InChI is InChI=1S/C8H9FN2/c1-2-10-6-7-4-3-5-11-8(7)9/h2-5,10H,1,6H2. The van der Waals surface area contributed by atoms with Gasteiger partial charge in [0.1, 0.15) is 0 Å². The van der Waals surface area contributed by atoms with E-state index in [4.69, 9.17) is 0 Å². The van der Waals surface area contributed by atoms with Gasteiger partial charge in [-0.05, 0) is 12.3 Å². The highest BCUT2D eigenvalue weighted by Crippen LogP contribution is 2.01. The predicted octanol–water partition coefficient (Wildman–Crippen LogP) is 1.45. The number of hydrogen-bond acceptors (Lipinski definition) is 2. The Morgan fingerprint density at radius 3 is 3.18 bits per heavy atom. The van der Waals surface area contributed by atoms with Gasteiger partial charge >= 0.3 is 0 Å². The fourth-order valence-electron chi connectivity index (χ4n) is 0.733. The first-order chi connectivity index (χ1) is 5.34. The maximum Gasteiger partial charge on any atom is 0.217 e. The van der Waals surface area contributed by atoms with Crippen molar-refractivity contribution in [1.29, 1.82) is 0 Å². The number of hydrogen-bond donors (Lipinski definition) is 1. The van der Waals surface area contributed by atoms with Crippen LogP contribution in [0.2, 0.25) is 0 Å². The van der Waals surface area contributed by atoms with Crippen molar-refractivity contribution < 1.29 is 4.39 Å². The van der Waals surface area contributed by atoms with Crippen LogP contribution in [-0.4, -0.2) is 4.98 Å². The van der Waals surface area contributed by atoms with Gasteiger partial charge in [-0.1, -0.05) is 12.6 Å². The Balaban J connectivity index is 2.69. The molecule has 0 aliphatic heterocycles. The van der Waals surface area contributed by atoms with Crippen molar-refractivity contribution in [1.82, 2.24) is 10.3 Å². The van der Waals surface area contributed by atoms with Gasteiger partial charge < -0.3 is 5.32 Å². The second-order valence-electron chi connectivity index (χ2n) is 2.04. The Kier molecular flexibility index (Phi) is 2.60. The van der Waals surface area contributed by atoms with Gasteiger partial charge in [0.25, 0.3) is 0 Å². The van der Waals surface area contributed by atoms with E-state index in [9.17, 15) is 4.39 Å². The minimum absolute atomic E-state index is 0.429. The monoisotopic (exact) mass is 152 g/mol. The fourth-order valence-corrected chi connectivity index (χ4v) is 0.733. The minimum atomic E-state index is -0.429. The summed E-state index contributed by atoms with van der Waals surface area (Å²) in [5, 5.41) is 2.79.